The molecule has 3 aromatic heterocycles. The molecule has 0 unspecified atom stereocenters. The van der Waals surface area contributed by atoms with E-state index in [1.807, 2.05) is 35.1 Å². The first-order chi connectivity index (χ1) is 15.1. The Labute approximate surface area is 178 Å². The molecule has 1 aliphatic rings. The number of piperazine rings is 1. The summed E-state index contributed by atoms with van der Waals surface area (Å²) >= 11 is 0. The van der Waals surface area contributed by atoms with Gasteiger partial charge in [0.25, 0.3) is 5.69 Å². The van der Waals surface area contributed by atoms with Crippen LogP contribution in [0.2, 0.25) is 0 Å². The fraction of sp³-hybridized carbons (Fsp3) is 0.227. The quantitative estimate of drug-likeness (QED) is 0.373. The summed E-state index contributed by atoms with van der Waals surface area (Å²) in [6.07, 6.45) is 7.43. The van der Waals surface area contributed by atoms with Crippen LogP contribution in [-0.4, -0.2) is 62.4 Å². The van der Waals surface area contributed by atoms with Crippen molar-refractivity contribution in [3.63, 3.8) is 0 Å². The van der Waals surface area contributed by atoms with Crippen molar-refractivity contribution in [2.45, 2.75) is 0 Å². The van der Waals surface area contributed by atoms with Gasteiger partial charge in [0.2, 0.25) is 5.95 Å². The van der Waals surface area contributed by atoms with Gasteiger partial charge in [-0.2, -0.15) is 0 Å². The Morgan fingerprint density at radius 1 is 0.871 bits per heavy atom. The van der Waals surface area contributed by atoms with Gasteiger partial charge < -0.3 is 9.80 Å². The van der Waals surface area contributed by atoms with Crippen molar-refractivity contribution in [2.75, 3.05) is 38.1 Å². The molecule has 5 rings (SSSR count). The number of rotatable bonds is 4. The summed E-state index contributed by atoms with van der Waals surface area (Å²) in [4.78, 5) is 28.6. The summed E-state index contributed by atoms with van der Waals surface area (Å²) in [5, 5.41) is 10.9. The number of aromatic nitrogens is 4. The maximum atomic E-state index is 10.9. The molecule has 0 radical (unpaired) electrons. The number of nitro groups is 1. The van der Waals surface area contributed by atoms with Gasteiger partial charge in [-0.1, -0.05) is 0 Å². The smallest absolute Gasteiger partial charge is 0.269 e. The predicted molar refractivity (Wildman–Crippen MR) is 118 cm³/mol. The van der Waals surface area contributed by atoms with E-state index in [0.29, 0.717) is 0 Å². The van der Waals surface area contributed by atoms with Gasteiger partial charge >= 0.3 is 0 Å². The first-order valence-electron chi connectivity index (χ1n) is 10.1. The zero-order chi connectivity index (χ0) is 21.4. The average molecular weight is 415 g/mol. The molecule has 0 N–H and O–H groups in total. The Morgan fingerprint density at radius 2 is 1.58 bits per heavy atom. The van der Waals surface area contributed by atoms with E-state index in [2.05, 4.69) is 31.8 Å². The lowest BCUT2D eigenvalue weighted by Crippen LogP contribution is -2.45. The van der Waals surface area contributed by atoms with Gasteiger partial charge in [-0.25, -0.2) is 15.0 Å². The molecule has 1 aliphatic heterocycles. The Hall–Kier alpha value is -3.85. The largest absolute Gasteiger partial charge is 0.338 e. The second kappa shape index (κ2) is 7.77. The van der Waals surface area contributed by atoms with Crippen LogP contribution in [-0.2, 0) is 0 Å². The van der Waals surface area contributed by atoms with E-state index >= 15 is 0 Å². The van der Waals surface area contributed by atoms with Gasteiger partial charge in [0.05, 0.1) is 16.8 Å². The third-order valence-corrected chi connectivity index (χ3v) is 5.64. The second-order valence-electron chi connectivity index (χ2n) is 7.65. The van der Waals surface area contributed by atoms with Crippen LogP contribution in [0, 0.1) is 10.1 Å². The van der Waals surface area contributed by atoms with Gasteiger partial charge in [0.1, 0.15) is 5.65 Å². The summed E-state index contributed by atoms with van der Waals surface area (Å²) in [6.45, 7) is 3.89. The van der Waals surface area contributed by atoms with Crippen LogP contribution < -0.4 is 4.90 Å². The predicted octanol–water partition coefficient (Wildman–Crippen LogP) is 3.12. The third-order valence-electron chi connectivity index (χ3n) is 5.64. The molecule has 31 heavy (non-hydrogen) atoms. The van der Waals surface area contributed by atoms with Gasteiger partial charge in [0, 0.05) is 68.0 Å². The number of imidazole rings is 1. The molecule has 9 heteroatoms. The number of hydrogen-bond donors (Lipinski definition) is 0. The van der Waals surface area contributed by atoms with Gasteiger partial charge in [-0.15, -0.1) is 0 Å². The number of nitro benzene ring substituents is 1. The molecule has 1 aromatic carbocycles. The second-order valence-corrected chi connectivity index (χ2v) is 7.65. The van der Waals surface area contributed by atoms with Crippen molar-refractivity contribution in [3.8, 4) is 22.4 Å². The van der Waals surface area contributed by atoms with Crippen LogP contribution in [0.5, 0.6) is 0 Å². The number of nitrogens with zero attached hydrogens (tertiary/aromatic N) is 7. The number of hydrogen-bond acceptors (Lipinski definition) is 7. The molecular formula is C22H21N7O2. The highest BCUT2D eigenvalue weighted by molar-refractivity contribution is 5.70. The minimum absolute atomic E-state index is 0.0693. The fourth-order valence-corrected chi connectivity index (χ4v) is 3.77. The number of fused-ring (bicyclic) bond motifs is 1. The minimum atomic E-state index is -0.401. The highest BCUT2D eigenvalue weighted by Gasteiger charge is 2.16. The molecule has 4 heterocycles. The van der Waals surface area contributed by atoms with E-state index in [4.69, 9.17) is 0 Å². The van der Waals surface area contributed by atoms with Crippen molar-refractivity contribution in [1.29, 1.82) is 0 Å². The molecule has 4 aromatic rings. The molecule has 0 atom stereocenters. The van der Waals surface area contributed by atoms with Crippen molar-refractivity contribution in [2.24, 2.45) is 0 Å². The Morgan fingerprint density at radius 3 is 2.26 bits per heavy atom. The molecule has 9 nitrogen and oxygen atoms in total. The standard InChI is InChI=1S/C22H21N7O2/c1-26-8-10-27(11-9-26)22-24-13-18(14-25-22)17-6-7-28-20(15-23-21(28)12-17)16-2-4-19(5-3-16)29(30)31/h2-7,12-15H,8-11H2,1H3. The van der Waals surface area contributed by atoms with Crippen LogP contribution >= 0.6 is 0 Å². The van der Waals surface area contributed by atoms with Crippen LogP contribution in [0.3, 0.4) is 0 Å². The molecule has 0 bridgehead atoms. The fourth-order valence-electron chi connectivity index (χ4n) is 3.77. The van der Waals surface area contributed by atoms with Crippen LogP contribution in [0.15, 0.2) is 61.2 Å². The lowest BCUT2D eigenvalue weighted by molar-refractivity contribution is -0.384. The van der Waals surface area contributed by atoms with Crippen molar-refractivity contribution >= 4 is 17.3 Å². The van der Waals surface area contributed by atoms with E-state index in [9.17, 15) is 10.1 Å². The monoisotopic (exact) mass is 415 g/mol. The first-order valence-corrected chi connectivity index (χ1v) is 10.1. The zero-order valence-corrected chi connectivity index (χ0v) is 17.0. The van der Waals surface area contributed by atoms with Gasteiger partial charge in [0.15, 0.2) is 0 Å². The summed E-state index contributed by atoms with van der Waals surface area (Å²) in [6, 6.07) is 10.5. The van der Waals surface area contributed by atoms with Crippen LogP contribution in [0.4, 0.5) is 11.6 Å². The van der Waals surface area contributed by atoms with Crippen molar-refractivity contribution < 1.29 is 4.92 Å². The Kier molecular flexibility index (Phi) is 4.79. The summed E-state index contributed by atoms with van der Waals surface area (Å²) < 4.78 is 1.96. The van der Waals surface area contributed by atoms with Crippen molar-refractivity contribution in [3.05, 3.63) is 71.3 Å². The zero-order valence-electron chi connectivity index (χ0n) is 17.0. The number of pyridine rings is 1. The SMILES string of the molecule is CN1CCN(c2ncc(-c3ccn4c(-c5ccc([N+](=O)[O-])cc5)cnc4c3)cn2)CC1. The van der Waals surface area contributed by atoms with Gasteiger partial charge in [-0.05, 0) is 36.9 Å². The maximum Gasteiger partial charge on any atom is 0.269 e. The summed E-state index contributed by atoms with van der Waals surface area (Å²) in [5.41, 5.74) is 4.51. The van der Waals surface area contributed by atoms with E-state index in [1.165, 1.54) is 12.1 Å². The van der Waals surface area contributed by atoms with E-state index in [1.54, 1.807) is 18.3 Å². The number of benzene rings is 1. The van der Waals surface area contributed by atoms with Crippen LogP contribution in [0.25, 0.3) is 28.0 Å². The third kappa shape index (κ3) is 3.71. The summed E-state index contributed by atoms with van der Waals surface area (Å²) in [7, 11) is 2.13. The number of non-ortho nitro benzene ring substituents is 1. The molecule has 156 valence electrons. The minimum Gasteiger partial charge on any atom is -0.338 e. The topological polar surface area (TPSA) is 92.7 Å². The normalized spacial score (nSPS) is 14.8. The van der Waals surface area contributed by atoms with E-state index in [-0.39, 0.29) is 5.69 Å². The van der Waals surface area contributed by atoms with Crippen molar-refractivity contribution in [1.82, 2.24) is 24.3 Å². The average Bonchev–Trinajstić information content (AvgIpc) is 3.23. The molecule has 0 saturated carbocycles. The molecule has 0 amide bonds. The molecule has 1 saturated heterocycles. The van der Waals surface area contributed by atoms with E-state index in [0.717, 1.165) is 60.2 Å². The molecule has 1 fully saturated rings. The number of likely N-dealkylation sites (N-methyl/N-ethyl adjacent to an activating group) is 1. The maximum absolute atomic E-state index is 10.9. The molecule has 0 spiro atoms. The van der Waals surface area contributed by atoms with E-state index < -0.39 is 4.92 Å². The number of anilines is 1. The first kappa shape index (κ1) is 19.1. The summed E-state index contributed by atoms with van der Waals surface area (Å²) in [5.74, 6) is 0.763. The lowest BCUT2D eigenvalue weighted by atomic mass is 10.1. The molecule has 0 aliphatic carbocycles. The van der Waals surface area contributed by atoms with Gasteiger partial charge in [-0.3, -0.25) is 14.5 Å². The Bertz CT molecular complexity index is 1230. The highest BCUT2D eigenvalue weighted by atomic mass is 16.6. The highest BCUT2D eigenvalue weighted by Crippen LogP contribution is 2.26. The Balaban J connectivity index is 1.40. The lowest BCUT2D eigenvalue weighted by Gasteiger charge is -2.32. The molecular weight excluding hydrogens is 394 g/mol. The van der Waals surface area contributed by atoms with Crippen LogP contribution in [0.1, 0.15) is 0 Å².